The van der Waals surface area contributed by atoms with Crippen LogP contribution in [0, 0.1) is 0 Å². The van der Waals surface area contributed by atoms with Crippen molar-refractivity contribution in [1.82, 2.24) is 14.8 Å². The molecule has 2 heterocycles. The Morgan fingerprint density at radius 2 is 1.86 bits per heavy atom. The van der Waals surface area contributed by atoms with Gasteiger partial charge in [-0.3, -0.25) is 4.79 Å². The molecule has 0 bridgehead atoms. The topological polar surface area (TPSA) is 105 Å². The summed E-state index contributed by atoms with van der Waals surface area (Å²) >= 11 is 2.78. The van der Waals surface area contributed by atoms with E-state index in [0.717, 1.165) is 37.0 Å². The van der Waals surface area contributed by atoms with E-state index in [1.54, 1.807) is 14.0 Å². The van der Waals surface area contributed by atoms with Gasteiger partial charge >= 0.3 is 5.97 Å². The summed E-state index contributed by atoms with van der Waals surface area (Å²) in [6.45, 7) is 4.97. The second-order valence-electron chi connectivity index (χ2n) is 8.08. The van der Waals surface area contributed by atoms with Gasteiger partial charge in [0.05, 0.1) is 25.0 Å². The Balaban J connectivity index is 1.38. The molecule has 0 saturated heterocycles. The fourth-order valence-corrected chi connectivity index (χ4v) is 6.15. The van der Waals surface area contributed by atoms with Crippen molar-refractivity contribution in [3.8, 4) is 11.5 Å². The first kappa shape index (κ1) is 26.0. The van der Waals surface area contributed by atoms with Gasteiger partial charge in [-0.25, -0.2) is 4.79 Å². The maximum atomic E-state index is 12.8. The Bertz CT molecular complexity index is 1210. The average molecular weight is 531 g/mol. The highest BCUT2D eigenvalue weighted by atomic mass is 32.2. The highest BCUT2D eigenvalue weighted by molar-refractivity contribution is 7.99. The van der Waals surface area contributed by atoms with Crippen LogP contribution in [0.25, 0.3) is 0 Å². The molecule has 1 N–H and O–H groups in total. The maximum Gasteiger partial charge on any atom is 0.341 e. The van der Waals surface area contributed by atoms with Gasteiger partial charge in [0, 0.05) is 11.4 Å². The van der Waals surface area contributed by atoms with Crippen molar-refractivity contribution in [2.45, 2.75) is 57.8 Å². The number of ether oxygens (including phenoxy) is 3. The van der Waals surface area contributed by atoms with Crippen molar-refractivity contribution in [2.75, 3.05) is 24.8 Å². The van der Waals surface area contributed by atoms with Gasteiger partial charge in [0.1, 0.15) is 23.1 Å². The van der Waals surface area contributed by atoms with E-state index >= 15 is 0 Å². The third-order valence-electron chi connectivity index (χ3n) is 5.77. The molecule has 2 aromatic heterocycles. The Morgan fingerprint density at radius 3 is 2.58 bits per heavy atom. The molecule has 0 radical (unpaired) electrons. The van der Waals surface area contributed by atoms with Crippen molar-refractivity contribution in [2.24, 2.45) is 0 Å². The summed E-state index contributed by atoms with van der Waals surface area (Å²) in [5.41, 5.74) is 1.55. The van der Waals surface area contributed by atoms with Crippen LogP contribution in [0.2, 0.25) is 0 Å². The highest BCUT2D eigenvalue weighted by Gasteiger charge is 2.27. The van der Waals surface area contributed by atoms with E-state index in [9.17, 15) is 9.59 Å². The SMILES string of the molecule is CCOC(=O)c1c(NC(=O)CSc2nnc(COc3ccc(OC)cc3)n2CC)sc2c1CCCC2. The lowest BCUT2D eigenvalue weighted by molar-refractivity contribution is -0.113. The Kier molecular flexibility index (Phi) is 8.87. The number of esters is 1. The van der Waals surface area contributed by atoms with Crippen molar-refractivity contribution in [3.63, 3.8) is 0 Å². The molecule has 0 fully saturated rings. The number of carbonyl (C=O) groups excluding carboxylic acids is 2. The summed E-state index contributed by atoms with van der Waals surface area (Å²) in [4.78, 5) is 26.6. The van der Waals surface area contributed by atoms with Gasteiger partial charge in [-0.15, -0.1) is 21.5 Å². The molecule has 1 amide bonds. The van der Waals surface area contributed by atoms with Crippen LogP contribution >= 0.6 is 23.1 Å². The number of fused-ring (bicyclic) bond motifs is 1. The van der Waals surface area contributed by atoms with E-state index in [4.69, 9.17) is 14.2 Å². The van der Waals surface area contributed by atoms with Crippen LogP contribution in [-0.2, 0) is 35.5 Å². The molecule has 1 aliphatic carbocycles. The number of aryl methyl sites for hydroxylation is 1. The third kappa shape index (κ3) is 6.01. The minimum absolute atomic E-state index is 0.141. The number of nitrogens with one attached hydrogen (secondary N) is 1. The number of anilines is 1. The summed E-state index contributed by atoms with van der Waals surface area (Å²) in [6, 6.07) is 7.32. The summed E-state index contributed by atoms with van der Waals surface area (Å²) in [5.74, 6) is 1.70. The molecular formula is C25H30N4O5S2. The molecule has 0 saturated carbocycles. The van der Waals surface area contributed by atoms with E-state index in [1.807, 2.05) is 35.8 Å². The highest BCUT2D eigenvalue weighted by Crippen LogP contribution is 2.38. The molecule has 9 nitrogen and oxygen atoms in total. The lowest BCUT2D eigenvalue weighted by Crippen LogP contribution is -2.17. The molecule has 4 rings (SSSR count). The smallest absolute Gasteiger partial charge is 0.341 e. The number of carbonyl (C=O) groups is 2. The minimum Gasteiger partial charge on any atom is -0.497 e. The predicted molar refractivity (Wildman–Crippen MR) is 139 cm³/mol. The van der Waals surface area contributed by atoms with Gasteiger partial charge < -0.3 is 24.1 Å². The summed E-state index contributed by atoms with van der Waals surface area (Å²) in [5, 5.41) is 12.7. The second-order valence-corrected chi connectivity index (χ2v) is 10.1. The zero-order valence-corrected chi connectivity index (χ0v) is 22.3. The molecule has 11 heteroatoms. The van der Waals surface area contributed by atoms with E-state index < -0.39 is 0 Å². The van der Waals surface area contributed by atoms with E-state index in [1.165, 1.54) is 28.0 Å². The first-order valence-electron chi connectivity index (χ1n) is 12.0. The van der Waals surface area contributed by atoms with Crippen molar-refractivity contribution in [3.05, 3.63) is 46.1 Å². The van der Waals surface area contributed by atoms with Crippen LogP contribution in [0.4, 0.5) is 5.00 Å². The molecule has 0 atom stereocenters. The Morgan fingerprint density at radius 1 is 1.11 bits per heavy atom. The fourth-order valence-electron chi connectivity index (χ4n) is 4.04. The molecule has 1 aromatic carbocycles. The van der Waals surface area contributed by atoms with Crippen LogP contribution in [0.3, 0.4) is 0 Å². The molecule has 0 aliphatic heterocycles. The number of hydrogen-bond donors (Lipinski definition) is 1. The predicted octanol–water partition coefficient (Wildman–Crippen LogP) is 4.73. The molecule has 3 aromatic rings. The zero-order chi connectivity index (χ0) is 25.5. The molecular weight excluding hydrogens is 500 g/mol. The van der Waals surface area contributed by atoms with Gasteiger partial charge in [0.15, 0.2) is 11.0 Å². The lowest BCUT2D eigenvalue weighted by atomic mass is 9.95. The maximum absolute atomic E-state index is 12.8. The standard InChI is InChI=1S/C25H30N4O5S2/c1-4-29-20(14-34-17-12-10-16(32-3)11-13-17)27-28-25(29)35-15-21(30)26-23-22(24(31)33-5-2)18-8-6-7-9-19(18)36-23/h10-13H,4-9,14-15H2,1-3H3,(H,26,30). The first-order chi connectivity index (χ1) is 17.5. The van der Waals surface area contributed by atoms with Crippen molar-refractivity contribution >= 4 is 40.0 Å². The zero-order valence-electron chi connectivity index (χ0n) is 20.7. The van der Waals surface area contributed by atoms with Crippen LogP contribution < -0.4 is 14.8 Å². The first-order valence-corrected chi connectivity index (χ1v) is 13.8. The lowest BCUT2D eigenvalue weighted by Gasteiger charge is -2.12. The number of hydrogen-bond acceptors (Lipinski definition) is 9. The summed E-state index contributed by atoms with van der Waals surface area (Å²) in [6.07, 6.45) is 3.90. The van der Waals surface area contributed by atoms with Crippen LogP contribution in [0.1, 0.15) is 53.3 Å². The van der Waals surface area contributed by atoms with E-state index in [0.29, 0.717) is 40.4 Å². The van der Waals surface area contributed by atoms with Crippen molar-refractivity contribution in [1.29, 1.82) is 0 Å². The number of aromatic nitrogens is 3. The third-order valence-corrected chi connectivity index (χ3v) is 7.95. The van der Waals surface area contributed by atoms with Gasteiger partial charge in [-0.1, -0.05) is 11.8 Å². The van der Waals surface area contributed by atoms with Crippen molar-refractivity contribution < 1.29 is 23.8 Å². The Labute approximate surface area is 218 Å². The molecule has 0 spiro atoms. The average Bonchev–Trinajstić information content (AvgIpc) is 3.46. The number of amides is 1. The van der Waals surface area contributed by atoms with Gasteiger partial charge in [-0.2, -0.15) is 0 Å². The monoisotopic (exact) mass is 530 g/mol. The number of thioether (sulfide) groups is 1. The number of methoxy groups -OCH3 is 1. The normalized spacial score (nSPS) is 12.6. The summed E-state index contributed by atoms with van der Waals surface area (Å²) < 4.78 is 18.2. The minimum atomic E-state index is -0.368. The van der Waals surface area contributed by atoms with Gasteiger partial charge in [0.25, 0.3) is 0 Å². The van der Waals surface area contributed by atoms with Gasteiger partial charge in [0.2, 0.25) is 5.91 Å². The van der Waals surface area contributed by atoms with Crippen LogP contribution in [0.5, 0.6) is 11.5 Å². The fraction of sp³-hybridized carbons (Fsp3) is 0.440. The molecule has 192 valence electrons. The number of rotatable bonds is 11. The molecule has 0 unspecified atom stereocenters. The summed E-state index contributed by atoms with van der Waals surface area (Å²) in [7, 11) is 1.62. The quantitative estimate of drug-likeness (QED) is 0.280. The van der Waals surface area contributed by atoms with Crippen LogP contribution in [0.15, 0.2) is 29.4 Å². The molecule has 36 heavy (non-hydrogen) atoms. The number of nitrogens with zero attached hydrogens (tertiary/aromatic N) is 3. The number of benzene rings is 1. The van der Waals surface area contributed by atoms with Crippen LogP contribution in [-0.4, -0.2) is 46.1 Å². The number of thiophene rings is 1. The van der Waals surface area contributed by atoms with E-state index in [-0.39, 0.29) is 24.2 Å². The second kappa shape index (κ2) is 12.3. The largest absolute Gasteiger partial charge is 0.497 e. The van der Waals surface area contributed by atoms with Gasteiger partial charge in [-0.05, 0) is 69.4 Å². The van der Waals surface area contributed by atoms with E-state index in [2.05, 4.69) is 15.5 Å². The molecule has 1 aliphatic rings. The Hall–Kier alpha value is -3.05.